The first-order valence-corrected chi connectivity index (χ1v) is 6.71. The fourth-order valence-corrected chi connectivity index (χ4v) is 2.05. The van der Waals surface area contributed by atoms with E-state index in [-0.39, 0.29) is 6.67 Å². The van der Waals surface area contributed by atoms with Crippen LogP contribution in [0.3, 0.4) is 0 Å². The highest BCUT2D eigenvalue weighted by Crippen LogP contribution is 2.17. The fourth-order valence-electron chi connectivity index (χ4n) is 2.05. The first-order valence-electron chi connectivity index (χ1n) is 6.71. The number of anilines is 1. The Kier molecular flexibility index (Phi) is 6.68. The maximum atomic E-state index is 12.1. The number of hydrogen-bond donors (Lipinski definition) is 0. The van der Waals surface area contributed by atoms with Gasteiger partial charge < -0.3 is 4.90 Å². The molecule has 1 nitrogen and oxygen atoms in total. The molecular formula is C15H24FN. The molecular weight excluding hydrogens is 213 g/mol. The number of rotatable bonds is 8. The molecule has 0 aliphatic heterocycles. The summed E-state index contributed by atoms with van der Waals surface area (Å²) in [4.78, 5) is 2.42. The second-order valence-electron chi connectivity index (χ2n) is 4.45. The van der Waals surface area contributed by atoms with Crippen LogP contribution < -0.4 is 4.90 Å². The molecule has 0 aliphatic rings. The maximum Gasteiger partial charge on any atom is 0.0897 e. The predicted molar refractivity (Wildman–Crippen MR) is 73.5 cm³/mol. The SMILES string of the molecule is CCCN(CCC)c1ccc(CCCF)cc1. The lowest BCUT2D eigenvalue weighted by molar-refractivity contribution is 0.473. The van der Waals surface area contributed by atoms with Crippen LogP contribution in [0.5, 0.6) is 0 Å². The normalized spacial score (nSPS) is 10.5. The largest absolute Gasteiger partial charge is 0.372 e. The Hall–Kier alpha value is -1.05. The molecule has 0 spiro atoms. The molecule has 1 aromatic carbocycles. The number of alkyl halides is 1. The minimum absolute atomic E-state index is 0.223. The van der Waals surface area contributed by atoms with Crippen molar-refractivity contribution in [1.29, 1.82) is 0 Å². The minimum Gasteiger partial charge on any atom is -0.372 e. The van der Waals surface area contributed by atoms with Gasteiger partial charge in [-0.1, -0.05) is 26.0 Å². The Bertz CT molecular complexity index is 288. The second kappa shape index (κ2) is 8.10. The van der Waals surface area contributed by atoms with Crippen molar-refractivity contribution < 1.29 is 4.39 Å². The molecule has 0 aromatic heterocycles. The summed E-state index contributed by atoms with van der Waals surface area (Å²) < 4.78 is 12.1. The van der Waals surface area contributed by atoms with Gasteiger partial charge in [0.2, 0.25) is 0 Å². The molecule has 17 heavy (non-hydrogen) atoms. The number of benzene rings is 1. The first kappa shape index (κ1) is 14.0. The van der Waals surface area contributed by atoms with Gasteiger partial charge in [0.25, 0.3) is 0 Å². The van der Waals surface area contributed by atoms with E-state index in [0.717, 1.165) is 19.5 Å². The second-order valence-corrected chi connectivity index (χ2v) is 4.45. The zero-order valence-electron chi connectivity index (χ0n) is 11.1. The lowest BCUT2D eigenvalue weighted by Gasteiger charge is -2.23. The Morgan fingerprint density at radius 2 is 1.59 bits per heavy atom. The summed E-state index contributed by atoms with van der Waals surface area (Å²) in [5.74, 6) is 0. The van der Waals surface area contributed by atoms with Crippen molar-refractivity contribution in [2.24, 2.45) is 0 Å². The first-order chi connectivity index (χ1) is 8.31. The van der Waals surface area contributed by atoms with Crippen LogP contribution in [0, 0.1) is 0 Å². The molecule has 1 rings (SSSR count). The minimum atomic E-state index is -0.223. The van der Waals surface area contributed by atoms with Gasteiger partial charge in [0.05, 0.1) is 6.67 Å². The van der Waals surface area contributed by atoms with Crippen LogP contribution in [0.2, 0.25) is 0 Å². The van der Waals surface area contributed by atoms with Crippen LogP contribution in [0.15, 0.2) is 24.3 Å². The molecule has 0 heterocycles. The van der Waals surface area contributed by atoms with Gasteiger partial charge in [-0.15, -0.1) is 0 Å². The van der Waals surface area contributed by atoms with E-state index in [4.69, 9.17) is 0 Å². The number of halogens is 1. The summed E-state index contributed by atoms with van der Waals surface area (Å²) in [6, 6.07) is 8.59. The van der Waals surface area contributed by atoms with Crippen LogP contribution in [-0.2, 0) is 6.42 Å². The summed E-state index contributed by atoms with van der Waals surface area (Å²) in [6.07, 6.45) is 3.82. The van der Waals surface area contributed by atoms with Crippen LogP contribution in [0.4, 0.5) is 10.1 Å². The van der Waals surface area contributed by atoms with Gasteiger partial charge in [-0.25, -0.2) is 0 Å². The predicted octanol–water partition coefficient (Wildman–Crippen LogP) is 4.22. The summed E-state index contributed by atoms with van der Waals surface area (Å²) in [6.45, 7) is 6.41. The van der Waals surface area contributed by atoms with E-state index in [0.29, 0.717) is 6.42 Å². The molecule has 0 saturated heterocycles. The molecule has 96 valence electrons. The lowest BCUT2D eigenvalue weighted by Crippen LogP contribution is -2.24. The zero-order valence-corrected chi connectivity index (χ0v) is 11.1. The molecule has 2 heteroatoms. The molecule has 0 bridgehead atoms. The average molecular weight is 237 g/mol. The zero-order chi connectivity index (χ0) is 12.5. The van der Waals surface area contributed by atoms with Crippen molar-refractivity contribution >= 4 is 5.69 Å². The summed E-state index contributed by atoms with van der Waals surface area (Å²) in [7, 11) is 0. The van der Waals surface area contributed by atoms with Gasteiger partial charge in [-0.05, 0) is 43.4 Å². The summed E-state index contributed by atoms with van der Waals surface area (Å²) >= 11 is 0. The monoisotopic (exact) mass is 237 g/mol. The quantitative estimate of drug-likeness (QED) is 0.654. The van der Waals surface area contributed by atoms with E-state index < -0.39 is 0 Å². The number of hydrogen-bond acceptors (Lipinski definition) is 1. The van der Waals surface area contributed by atoms with E-state index in [2.05, 4.69) is 43.0 Å². The van der Waals surface area contributed by atoms with Gasteiger partial charge in [0.1, 0.15) is 0 Å². The Morgan fingerprint density at radius 1 is 1.00 bits per heavy atom. The van der Waals surface area contributed by atoms with E-state index >= 15 is 0 Å². The van der Waals surface area contributed by atoms with Crippen LogP contribution >= 0.6 is 0 Å². The fraction of sp³-hybridized carbons (Fsp3) is 0.600. The maximum absolute atomic E-state index is 12.1. The molecule has 0 amide bonds. The van der Waals surface area contributed by atoms with Crippen molar-refractivity contribution in [3.63, 3.8) is 0 Å². The average Bonchev–Trinajstić information content (AvgIpc) is 2.37. The van der Waals surface area contributed by atoms with Crippen molar-refractivity contribution in [1.82, 2.24) is 0 Å². The molecule has 0 saturated carbocycles. The number of nitrogens with zero attached hydrogens (tertiary/aromatic N) is 1. The highest BCUT2D eigenvalue weighted by Gasteiger charge is 2.03. The van der Waals surface area contributed by atoms with Crippen LogP contribution in [-0.4, -0.2) is 19.8 Å². The molecule has 0 aliphatic carbocycles. The molecule has 0 unspecified atom stereocenters. The van der Waals surface area contributed by atoms with Crippen molar-refractivity contribution in [3.8, 4) is 0 Å². The van der Waals surface area contributed by atoms with Gasteiger partial charge >= 0.3 is 0 Å². The smallest absolute Gasteiger partial charge is 0.0897 e. The van der Waals surface area contributed by atoms with Gasteiger partial charge in [-0.3, -0.25) is 4.39 Å². The topological polar surface area (TPSA) is 3.24 Å². The highest BCUT2D eigenvalue weighted by molar-refractivity contribution is 5.47. The van der Waals surface area contributed by atoms with Crippen molar-refractivity contribution in [2.45, 2.75) is 39.5 Å². The van der Waals surface area contributed by atoms with E-state index in [9.17, 15) is 4.39 Å². The molecule has 0 atom stereocenters. The third kappa shape index (κ3) is 4.76. The lowest BCUT2D eigenvalue weighted by atomic mass is 10.1. The van der Waals surface area contributed by atoms with E-state index in [1.165, 1.54) is 24.1 Å². The van der Waals surface area contributed by atoms with Crippen LogP contribution in [0.25, 0.3) is 0 Å². The standard InChI is InChI=1S/C15H24FN/c1-3-12-17(13-4-2)15-9-7-14(8-10-15)6-5-11-16/h7-10H,3-6,11-13H2,1-2H3. The summed E-state index contributed by atoms with van der Waals surface area (Å²) in [5.41, 5.74) is 2.53. The Labute approximate surface area is 105 Å². The third-order valence-electron chi connectivity index (χ3n) is 2.89. The molecule has 0 fully saturated rings. The van der Waals surface area contributed by atoms with Crippen molar-refractivity contribution in [3.05, 3.63) is 29.8 Å². The molecule has 1 aromatic rings. The Morgan fingerprint density at radius 3 is 2.06 bits per heavy atom. The number of aryl methyl sites for hydroxylation is 1. The highest BCUT2D eigenvalue weighted by atomic mass is 19.1. The van der Waals surface area contributed by atoms with Crippen molar-refractivity contribution in [2.75, 3.05) is 24.7 Å². The van der Waals surface area contributed by atoms with Gasteiger partial charge in [0.15, 0.2) is 0 Å². The third-order valence-corrected chi connectivity index (χ3v) is 2.89. The van der Waals surface area contributed by atoms with Gasteiger partial charge in [-0.2, -0.15) is 0 Å². The Balaban J connectivity index is 2.63. The molecule has 0 N–H and O–H groups in total. The van der Waals surface area contributed by atoms with Gasteiger partial charge in [0, 0.05) is 18.8 Å². The van der Waals surface area contributed by atoms with E-state index in [1.54, 1.807) is 0 Å². The van der Waals surface area contributed by atoms with Crippen LogP contribution in [0.1, 0.15) is 38.7 Å². The summed E-state index contributed by atoms with van der Waals surface area (Å²) in [5, 5.41) is 0. The van der Waals surface area contributed by atoms with E-state index in [1.807, 2.05) is 0 Å². The molecule has 0 radical (unpaired) electrons.